The van der Waals surface area contributed by atoms with Crippen molar-refractivity contribution in [1.29, 1.82) is 0 Å². The van der Waals surface area contributed by atoms with Gasteiger partial charge in [-0.1, -0.05) is 145 Å². The molecule has 0 radical (unpaired) electrons. The Morgan fingerprint density at radius 3 is 2.00 bits per heavy atom. The Balaban J connectivity index is 1.07. The second-order valence-corrected chi connectivity index (χ2v) is 24.6. The highest BCUT2D eigenvalue weighted by Crippen LogP contribution is 2.64. The zero-order chi connectivity index (χ0) is 46.3. The van der Waals surface area contributed by atoms with Crippen LogP contribution in [0.1, 0.15) is 122 Å². The molecule has 4 aliphatic heterocycles. The van der Waals surface area contributed by atoms with Gasteiger partial charge in [0.2, 0.25) is 0 Å². The maximum Gasteiger partial charge on any atom is 0.252 e. The number of hydrogen-bond acceptors (Lipinski definition) is 4. The van der Waals surface area contributed by atoms with Crippen molar-refractivity contribution in [3.8, 4) is 11.1 Å². The summed E-state index contributed by atoms with van der Waals surface area (Å²) >= 11 is 1.95. The molecule has 1 aromatic heterocycles. The van der Waals surface area contributed by atoms with Crippen molar-refractivity contribution in [3.05, 3.63) is 156 Å². The normalized spacial score (nSPS) is 25.3. The summed E-state index contributed by atoms with van der Waals surface area (Å²) in [6.45, 7) is 20.1. The van der Waals surface area contributed by atoms with Gasteiger partial charge in [-0.15, -0.1) is 11.3 Å². The standard InChI is InChI=1S/C63H62BN3S/c1-39-33-53-56-54(34-39)67-57-47(61(6)30-15-17-32-63(61,67)8)36-42(59(2,3)4)37-49(57)64(56)48-27-26-43(38-52(48)65(53)51-23-18-22-45-44-21-12-13-24-55(44)68-58(45)51)66-50-28-25-41(40-19-10-9-11-20-40)35-46(50)60(5)29-14-16-31-62(60,66)7/h9-13,18-28,33-38H,14-17,29-32H2,1-8H3. The monoisotopic (exact) mass is 903 g/mol. The van der Waals surface area contributed by atoms with E-state index in [1.54, 1.807) is 5.56 Å². The Kier molecular flexibility index (Phi) is 8.32. The van der Waals surface area contributed by atoms with Gasteiger partial charge in [0.15, 0.2) is 0 Å². The van der Waals surface area contributed by atoms with Gasteiger partial charge >= 0.3 is 0 Å². The molecule has 0 bridgehead atoms. The van der Waals surface area contributed by atoms with Crippen molar-refractivity contribution in [2.45, 2.75) is 134 Å². The van der Waals surface area contributed by atoms with Crippen molar-refractivity contribution in [3.63, 3.8) is 0 Å². The average Bonchev–Trinajstić information content (AvgIpc) is 3.89. The van der Waals surface area contributed by atoms with E-state index >= 15 is 0 Å². The van der Waals surface area contributed by atoms with Crippen molar-refractivity contribution in [2.75, 3.05) is 14.7 Å². The van der Waals surface area contributed by atoms with Gasteiger partial charge in [-0.2, -0.15) is 0 Å². The van der Waals surface area contributed by atoms with E-state index in [1.807, 2.05) is 11.3 Å². The number of benzene rings is 7. The van der Waals surface area contributed by atoms with E-state index in [-0.39, 0.29) is 34.0 Å². The Morgan fingerprint density at radius 1 is 0.529 bits per heavy atom. The predicted molar refractivity (Wildman–Crippen MR) is 293 cm³/mol. The number of hydrogen-bond donors (Lipinski definition) is 0. The molecular weight excluding hydrogens is 842 g/mol. The summed E-state index contributed by atoms with van der Waals surface area (Å²) < 4.78 is 2.70. The van der Waals surface area contributed by atoms with Crippen LogP contribution in [0.15, 0.2) is 133 Å². The van der Waals surface area contributed by atoms with Gasteiger partial charge in [0.1, 0.15) is 0 Å². The summed E-state index contributed by atoms with van der Waals surface area (Å²) in [4.78, 5) is 8.44. The summed E-state index contributed by atoms with van der Waals surface area (Å²) in [5.41, 5.74) is 22.3. The predicted octanol–water partition coefficient (Wildman–Crippen LogP) is 15.4. The smallest absolute Gasteiger partial charge is 0.252 e. The molecule has 2 fully saturated rings. The summed E-state index contributed by atoms with van der Waals surface area (Å²) in [6, 6.07) is 52.7. The number of aryl methyl sites for hydroxylation is 1. The third-order valence-corrected chi connectivity index (χ3v) is 20.3. The topological polar surface area (TPSA) is 9.72 Å². The lowest BCUT2D eigenvalue weighted by molar-refractivity contribution is 0.195. The highest BCUT2D eigenvalue weighted by atomic mass is 32.1. The number of thiophene rings is 1. The molecule has 4 unspecified atom stereocenters. The molecule has 7 aromatic carbocycles. The van der Waals surface area contributed by atoms with Gasteiger partial charge in [0, 0.05) is 60.4 Å². The van der Waals surface area contributed by atoms with E-state index in [4.69, 9.17) is 0 Å². The molecule has 6 aliphatic rings. The summed E-state index contributed by atoms with van der Waals surface area (Å²) in [6.07, 6.45) is 9.83. The van der Waals surface area contributed by atoms with Crippen LogP contribution in [0.3, 0.4) is 0 Å². The Labute approximate surface area is 407 Å². The molecule has 3 nitrogen and oxygen atoms in total. The molecule has 5 heteroatoms. The van der Waals surface area contributed by atoms with E-state index < -0.39 is 0 Å². The number of fused-ring (bicyclic) bond motifs is 13. The van der Waals surface area contributed by atoms with E-state index in [0.29, 0.717) is 0 Å². The maximum atomic E-state index is 2.90. The summed E-state index contributed by atoms with van der Waals surface area (Å²) in [5.74, 6) is 0. The van der Waals surface area contributed by atoms with Crippen molar-refractivity contribution >= 4 is 94.4 Å². The van der Waals surface area contributed by atoms with Gasteiger partial charge in [0.05, 0.1) is 21.5 Å². The number of rotatable bonds is 3. The van der Waals surface area contributed by atoms with Gasteiger partial charge in [0.25, 0.3) is 6.71 Å². The SMILES string of the molecule is Cc1cc2c3c(c1)N1c4c(cc(C(C)(C)C)cc4C4(C)CCCCC14C)B3c1ccc(N3c4ccc(-c5ccccc5)cc4C4(C)CCCCC34C)cc1N2c1cccc2c1sc1ccccc12. The summed E-state index contributed by atoms with van der Waals surface area (Å²) in [5, 5.41) is 2.68. The van der Waals surface area contributed by atoms with Gasteiger partial charge in [-0.25, -0.2) is 0 Å². The Bertz CT molecular complexity index is 3470. The molecule has 4 atom stereocenters. The van der Waals surface area contributed by atoms with E-state index in [9.17, 15) is 0 Å². The van der Waals surface area contributed by atoms with Crippen molar-refractivity contribution in [1.82, 2.24) is 0 Å². The van der Waals surface area contributed by atoms with Crippen LogP contribution in [0.25, 0.3) is 31.3 Å². The first-order chi connectivity index (χ1) is 32.7. The van der Waals surface area contributed by atoms with Crippen LogP contribution in [0.4, 0.5) is 39.8 Å². The van der Waals surface area contributed by atoms with Crippen LogP contribution in [0, 0.1) is 6.92 Å². The molecule has 5 heterocycles. The van der Waals surface area contributed by atoms with Crippen LogP contribution in [0.5, 0.6) is 0 Å². The van der Waals surface area contributed by atoms with Crippen LogP contribution in [-0.4, -0.2) is 17.8 Å². The zero-order valence-corrected chi connectivity index (χ0v) is 42.0. The second-order valence-electron chi connectivity index (χ2n) is 23.6. The minimum atomic E-state index is -0.0851. The van der Waals surface area contributed by atoms with Crippen LogP contribution >= 0.6 is 11.3 Å². The molecule has 68 heavy (non-hydrogen) atoms. The molecule has 2 saturated carbocycles. The quantitative estimate of drug-likeness (QED) is 0.164. The maximum absolute atomic E-state index is 2.90. The van der Waals surface area contributed by atoms with E-state index in [2.05, 4.69) is 204 Å². The highest BCUT2D eigenvalue weighted by molar-refractivity contribution is 7.26. The molecule has 338 valence electrons. The van der Waals surface area contributed by atoms with E-state index in [0.717, 1.165) is 6.42 Å². The molecule has 0 N–H and O–H groups in total. The molecule has 2 aliphatic carbocycles. The second kappa shape index (κ2) is 13.7. The van der Waals surface area contributed by atoms with Crippen LogP contribution < -0.4 is 31.1 Å². The Hall–Kier alpha value is -5.78. The fraction of sp³-hybridized carbons (Fsp3) is 0.333. The lowest BCUT2D eigenvalue weighted by Gasteiger charge is -2.53. The molecule has 14 rings (SSSR count). The lowest BCUT2D eigenvalue weighted by atomic mass is 9.33. The zero-order valence-electron chi connectivity index (χ0n) is 41.2. The fourth-order valence-corrected chi connectivity index (χ4v) is 16.4. The Morgan fingerprint density at radius 2 is 1.22 bits per heavy atom. The molecule has 0 saturated heterocycles. The van der Waals surface area contributed by atoms with E-state index in [1.165, 1.54) is 149 Å². The fourth-order valence-electron chi connectivity index (χ4n) is 15.1. The van der Waals surface area contributed by atoms with Crippen LogP contribution in [0.2, 0.25) is 0 Å². The highest BCUT2D eigenvalue weighted by Gasteiger charge is 2.62. The largest absolute Gasteiger partial charge is 0.335 e. The van der Waals surface area contributed by atoms with Gasteiger partial charge in [-0.3, -0.25) is 0 Å². The van der Waals surface area contributed by atoms with Gasteiger partial charge in [-0.05, 0) is 150 Å². The third kappa shape index (κ3) is 5.11. The number of nitrogens with zero attached hydrogens (tertiary/aromatic N) is 3. The third-order valence-electron chi connectivity index (χ3n) is 19.1. The summed E-state index contributed by atoms with van der Waals surface area (Å²) in [7, 11) is 0. The lowest BCUT2D eigenvalue weighted by Crippen LogP contribution is -2.64. The first-order valence-corrected chi connectivity index (χ1v) is 26.5. The first kappa shape index (κ1) is 41.2. The average molecular weight is 904 g/mol. The molecule has 0 amide bonds. The van der Waals surface area contributed by atoms with Crippen molar-refractivity contribution < 1.29 is 0 Å². The van der Waals surface area contributed by atoms with Crippen LogP contribution in [-0.2, 0) is 16.2 Å². The molecule has 8 aromatic rings. The minimum Gasteiger partial charge on any atom is -0.335 e. The number of anilines is 7. The first-order valence-electron chi connectivity index (χ1n) is 25.7. The molecular formula is C63H62BN3S. The van der Waals surface area contributed by atoms with Gasteiger partial charge < -0.3 is 14.7 Å². The molecule has 0 spiro atoms. The minimum absolute atomic E-state index is 0.00598. The van der Waals surface area contributed by atoms with Crippen molar-refractivity contribution in [2.24, 2.45) is 0 Å².